The van der Waals surface area contributed by atoms with Crippen molar-refractivity contribution in [3.05, 3.63) is 59.3 Å². The van der Waals surface area contributed by atoms with E-state index in [2.05, 4.69) is 16.0 Å². The van der Waals surface area contributed by atoms with Gasteiger partial charge in [-0.2, -0.15) is 0 Å². The van der Waals surface area contributed by atoms with Gasteiger partial charge in [-0.25, -0.2) is 0 Å². The van der Waals surface area contributed by atoms with Gasteiger partial charge in [-0.05, 0) is 29.8 Å². The summed E-state index contributed by atoms with van der Waals surface area (Å²) in [6.07, 6.45) is 0. The molecule has 4 rings (SSSR count). The number of nitrogens with one attached hydrogen (secondary N) is 3. The maximum atomic E-state index is 12.4. The van der Waals surface area contributed by atoms with E-state index in [4.69, 9.17) is 4.74 Å². The van der Waals surface area contributed by atoms with Crippen molar-refractivity contribution in [1.82, 2.24) is 5.32 Å². The predicted octanol–water partition coefficient (Wildman–Crippen LogP) is 2.36. The van der Waals surface area contributed by atoms with Crippen LogP contribution in [0.1, 0.15) is 11.6 Å². The molecule has 122 valence electrons. The highest BCUT2D eigenvalue weighted by Crippen LogP contribution is 2.39. The number of fused-ring (bicyclic) bond motifs is 1. The second kappa shape index (κ2) is 5.49. The number of phenols is 1. The van der Waals surface area contributed by atoms with Crippen molar-refractivity contribution in [2.24, 2.45) is 0 Å². The zero-order chi connectivity index (χ0) is 16.7. The normalized spacial score (nSPS) is 18.7. The Labute approximate surface area is 139 Å². The van der Waals surface area contributed by atoms with Gasteiger partial charge < -0.3 is 25.8 Å². The Morgan fingerprint density at radius 3 is 2.75 bits per heavy atom. The first kappa shape index (κ1) is 14.4. The van der Waals surface area contributed by atoms with Crippen LogP contribution in [0.2, 0.25) is 0 Å². The molecule has 4 N–H and O–H groups in total. The lowest BCUT2D eigenvalue weighted by atomic mass is 9.97. The lowest BCUT2D eigenvalue weighted by Crippen LogP contribution is -2.24. The fourth-order valence-electron chi connectivity index (χ4n) is 3.15. The largest absolute Gasteiger partial charge is 0.504 e. The number of methoxy groups -OCH3 is 1. The van der Waals surface area contributed by atoms with E-state index >= 15 is 0 Å². The van der Waals surface area contributed by atoms with E-state index in [1.807, 2.05) is 24.3 Å². The molecule has 0 bridgehead atoms. The van der Waals surface area contributed by atoms with Gasteiger partial charge in [0.2, 0.25) is 0 Å². The molecule has 1 amide bonds. The first-order chi connectivity index (χ1) is 11.7. The van der Waals surface area contributed by atoms with Crippen molar-refractivity contribution < 1.29 is 14.6 Å². The van der Waals surface area contributed by atoms with Gasteiger partial charge in [-0.3, -0.25) is 4.79 Å². The molecule has 1 unspecified atom stereocenters. The number of amides is 1. The summed E-state index contributed by atoms with van der Waals surface area (Å²) in [5.41, 5.74) is 4.19. The number of benzene rings is 2. The Morgan fingerprint density at radius 1 is 1.17 bits per heavy atom. The molecule has 6 heteroatoms. The van der Waals surface area contributed by atoms with Crippen molar-refractivity contribution in [1.29, 1.82) is 0 Å². The fourth-order valence-corrected chi connectivity index (χ4v) is 3.15. The Morgan fingerprint density at radius 2 is 1.96 bits per heavy atom. The Bertz CT molecular complexity index is 860. The molecule has 0 spiro atoms. The molecule has 2 aliphatic heterocycles. The van der Waals surface area contributed by atoms with Gasteiger partial charge in [0.25, 0.3) is 5.91 Å². The van der Waals surface area contributed by atoms with Crippen LogP contribution < -0.4 is 20.7 Å². The molecule has 6 nitrogen and oxygen atoms in total. The standard InChI is InChI=1S/C18H17N3O3/c1-24-15-8-10(6-7-14(15)22)17-16-13(9-19-18(16)23)20-11-4-2-3-5-12(11)21-17/h2-8,17,20-22H,9H2,1H3,(H,19,23). The summed E-state index contributed by atoms with van der Waals surface area (Å²) >= 11 is 0. The van der Waals surface area contributed by atoms with E-state index in [1.165, 1.54) is 7.11 Å². The molecule has 24 heavy (non-hydrogen) atoms. The smallest absolute Gasteiger partial charge is 0.251 e. The number of hydrogen-bond donors (Lipinski definition) is 4. The van der Waals surface area contributed by atoms with Crippen LogP contribution in [0, 0.1) is 0 Å². The van der Waals surface area contributed by atoms with Crippen LogP contribution in [-0.4, -0.2) is 24.7 Å². The van der Waals surface area contributed by atoms with Crippen LogP contribution >= 0.6 is 0 Å². The fraction of sp³-hybridized carbons (Fsp3) is 0.167. The molecule has 0 aromatic heterocycles. The maximum absolute atomic E-state index is 12.4. The molecule has 0 radical (unpaired) electrons. The molecule has 1 atom stereocenters. The van der Waals surface area contributed by atoms with Crippen molar-refractivity contribution in [3.63, 3.8) is 0 Å². The van der Waals surface area contributed by atoms with Crippen LogP contribution in [0.4, 0.5) is 11.4 Å². The molecular formula is C18H17N3O3. The van der Waals surface area contributed by atoms with Gasteiger partial charge in [0, 0.05) is 5.70 Å². The average molecular weight is 323 g/mol. The minimum Gasteiger partial charge on any atom is -0.504 e. The molecule has 0 saturated heterocycles. The maximum Gasteiger partial charge on any atom is 0.251 e. The summed E-state index contributed by atoms with van der Waals surface area (Å²) in [5, 5.41) is 19.5. The number of hydrogen-bond acceptors (Lipinski definition) is 5. The molecular weight excluding hydrogens is 306 g/mol. The van der Waals surface area contributed by atoms with E-state index in [0.29, 0.717) is 17.9 Å². The number of para-hydroxylation sites is 2. The molecule has 0 saturated carbocycles. The Balaban J connectivity index is 1.85. The number of rotatable bonds is 2. The number of carbonyl (C=O) groups excluding carboxylic acids is 1. The second-order valence-electron chi connectivity index (χ2n) is 5.75. The summed E-state index contributed by atoms with van der Waals surface area (Å²) in [7, 11) is 1.50. The zero-order valence-corrected chi connectivity index (χ0v) is 13.1. The predicted molar refractivity (Wildman–Crippen MR) is 91.1 cm³/mol. The molecule has 0 aliphatic carbocycles. The van der Waals surface area contributed by atoms with E-state index < -0.39 is 0 Å². The third-order valence-electron chi connectivity index (χ3n) is 4.33. The minimum atomic E-state index is -0.340. The van der Waals surface area contributed by atoms with Gasteiger partial charge in [0.1, 0.15) is 0 Å². The van der Waals surface area contributed by atoms with Crippen molar-refractivity contribution >= 4 is 17.3 Å². The highest BCUT2D eigenvalue weighted by Gasteiger charge is 2.34. The highest BCUT2D eigenvalue weighted by molar-refractivity contribution is 6.00. The number of aromatic hydroxyl groups is 1. The van der Waals surface area contributed by atoms with Crippen LogP contribution in [0.25, 0.3) is 0 Å². The second-order valence-corrected chi connectivity index (χ2v) is 5.75. The van der Waals surface area contributed by atoms with E-state index in [9.17, 15) is 9.90 Å². The first-order valence-electron chi connectivity index (χ1n) is 7.68. The molecule has 2 aliphatic rings. The highest BCUT2D eigenvalue weighted by atomic mass is 16.5. The van der Waals surface area contributed by atoms with Gasteiger partial charge in [0.15, 0.2) is 11.5 Å². The summed E-state index contributed by atoms with van der Waals surface area (Å²) in [5.74, 6) is 0.341. The summed E-state index contributed by atoms with van der Waals surface area (Å²) in [6.45, 7) is 0.468. The van der Waals surface area contributed by atoms with Gasteiger partial charge in [-0.1, -0.05) is 18.2 Å². The number of carbonyl (C=O) groups is 1. The van der Waals surface area contributed by atoms with Crippen LogP contribution in [0.5, 0.6) is 11.5 Å². The van der Waals surface area contributed by atoms with Crippen LogP contribution in [-0.2, 0) is 4.79 Å². The van der Waals surface area contributed by atoms with Crippen molar-refractivity contribution in [2.75, 3.05) is 24.3 Å². The topological polar surface area (TPSA) is 82.6 Å². The quantitative estimate of drug-likeness (QED) is 0.682. The summed E-state index contributed by atoms with van der Waals surface area (Å²) < 4.78 is 5.21. The van der Waals surface area contributed by atoms with Gasteiger partial charge in [-0.15, -0.1) is 0 Å². The number of anilines is 2. The number of phenolic OH excluding ortho intramolecular Hbond substituents is 1. The van der Waals surface area contributed by atoms with E-state index in [1.54, 1.807) is 18.2 Å². The Hall–Kier alpha value is -3.15. The lowest BCUT2D eigenvalue weighted by Gasteiger charge is -2.21. The van der Waals surface area contributed by atoms with Crippen molar-refractivity contribution in [2.45, 2.75) is 6.04 Å². The Kier molecular flexibility index (Phi) is 3.30. The van der Waals surface area contributed by atoms with E-state index in [-0.39, 0.29) is 17.7 Å². The lowest BCUT2D eigenvalue weighted by molar-refractivity contribution is -0.116. The van der Waals surface area contributed by atoms with Gasteiger partial charge in [0.05, 0.1) is 36.6 Å². The molecule has 2 heterocycles. The summed E-state index contributed by atoms with van der Waals surface area (Å²) in [6, 6.07) is 12.6. The van der Waals surface area contributed by atoms with Crippen LogP contribution in [0.3, 0.4) is 0 Å². The average Bonchev–Trinajstić information content (AvgIpc) is 2.86. The molecule has 0 fully saturated rings. The SMILES string of the molecule is COc1cc(C2Nc3ccccc3NC3=C2C(=O)NC3)ccc1O. The van der Waals surface area contributed by atoms with Crippen LogP contribution in [0.15, 0.2) is 53.7 Å². The molecule has 2 aromatic carbocycles. The van der Waals surface area contributed by atoms with Crippen molar-refractivity contribution in [3.8, 4) is 11.5 Å². The minimum absolute atomic E-state index is 0.0680. The zero-order valence-electron chi connectivity index (χ0n) is 13.1. The summed E-state index contributed by atoms with van der Waals surface area (Å²) in [4.78, 5) is 12.4. The van der Waals surface area contributed by atoms with E-state index in [0.717, 1.165) is 22.6 Å². The number of ether oxygens (including phenoxy) is 1. The first-order valence-corrected chi connectivity index (χ1v) is 7.68. The third kappa shape index (κ3) is 2.23. The monoisotopic (exact) mass is 323 g/mol. The van der Waals surface area contributed by atoms with Gasteiger partial charge >= 0.3 is 0 Å². The molecule has 2 aromatic rings. The third-order valence-corrected chi connectivity index (χ3v) is 4.33.